The number of nitrogens with one attached hydrogen (secondary N) is 2. The smallest absolute Gasteiger partial charge is 0.239 e. The maximum absolute atomic E-state index is 12.5. The monoisotopic (exact) mass is 478 g/mol. The summed E-state index contributed by atoms with van der Waals surface area (Å²) in [4.78, 5) is 30.1. The van der Waals surface area contributed by atoms with E-state index in [1.165, 1.54) is 23.1 Å². The number of aromatic nitrogens is 4. The molecule has 11 heteroatoms. The van der Waals surface area contributed by atoms with Crippen molar-refractivity contribution < 1.29 is 9.59 Å². The van der Waals surface area contributed by atoms with Crippen LogP contribution in [0.4, 0.5) is 10.8 Å². The van der Waals surface area contributed by atoms with Crippen LogP contribution in [0.5, 0.6) is 0 Å². The molecule has 0 fully saturated rings. The Morgan fingerprint density at radius 1 is 1.23 bits per heavy atom. The number of thioether (sulfide) groups is 1. The van der Waals surface area contributed by atoms with Crippen molar-refractivity contribution in [2.24, 2.45) is 7.05 Å². The third-order valence-electron chi connectivity index (χ3n) is 4.56. The van der Waals surface area contributed by atoms with Gasteiger partial charge in [-0.15, -0.1) is 21.5 Å². The molecule has 1 unspecified atom stereocenters. The number of carbonyl (C=O) groups is 2. The number of benzene rings is 1. The second kappa shape index (κ2) is 10.3. The lowest BCUT2D eigenvalue weighted by Gasteiger charge is -2.10. The van der Waals surface area contributed by atoms with E-state index in [0.29, 0.717) is 33.2 Å². The Hall–Kier alpha value is -2.43. The third kappa shape index (κ3) is 6.05. The number of anilines is 2. The molecule has 1 aromatic carbocycles. The summed E-state index contributed by atoms with van der Waals surface area (Å²) in [7, 11) is 1.82. The molecule has 0 spiro atoms. The summed E-state index contributed by atoms with van der Waals surface area (Å²) in [5.74, 6) is 0.352. The first-order valence-corrected chi connectivity index (χ1v) is 11.7. The molecule has 3 rings (SSSR count). The SMILES string of the molecule is Cc1nc(NC(=O)C(C)Sc2nnc(CCC(=O)Nc3ccccc3Cl)n2C)sc1C. The van der Waals surface area contributed by atoms with Crippen LogP contribution in [0.15, 0.2) is 29.4 Å². The first-order chi connectivity index (χ1) is 14.7. The van der Waals surface area contributed by atoms with Gasteiger partial charge in [0.05, 0.1) is 21.7 Å². The van der Waals surface area contributed by atoms with Gasteiger partial charge >= 0.3 is 0 Å². The van der Waals surface area contributed by atoms with Gasteiger partial charge in [-0.25, -0.2) is 4.98 Å². The topological polar surface area (TPSA) is 102 Å². The molecule has 0 aliphatic rings. The molecule has 2 aromatic heterocycles. The average Bonchev–Trinajstić information content (AvgIpc) is 3.23. The molecular formula is C20H23ClN6O2S2. The normalized spacial score (nSPS) is 11.9. The van der Waals surface area contributed by atoms with Gasteiger partial charge in [0.15, 0.2) is 10.3 Å². The Morgan fingerprint density at radius 3 is 2.65 bits per heavy atom. The number of halogens is 1. The highest BCUT2D eigenvalue weighted by molar-refractivity contribution is 8.00. The molecule has 164 valence electrons. The van der Waals surface area contributed by atoms with E-state index in [4.69, 9.17) is 11.6 Å². The van der Waals surface area contributed by atoms with E-state index in [2.05, 4.69) is 25.8 Å². The number of rotatable bonds is 8. The van der Waals surface area contributed by atoms with E-state index in [0.717, 1.165) is 10.6 Å². The van der Waals surface area contributed by atoms with Crippen LogP contribution in [0.3, 0.4) is 0 Å². The summed E-state index contributed by atoms with van der Waals surface area (Å²) < 4.78 is 1.80. The highest BCUT2D eigenvalue weighted by Crippen LogP contribution is 2.26. The number of hydrogen-bond acceptors (Lipinski definition) is 7. The van der Waals surface area contributed by atoms with Gasteiger partial charge in [0.1, 0.15) is 5.82 Å². The Labute approximate surface area is 193 Å². The minimum absolute atomic E-state index is 0.151. The largest absolute Gasteiger partial charge is 0.325 e. The summed E-state index contributed by atoms with van der Waals surface area (Å²) in [6.07, 6.45) is 0.652. The molecule has 0 aliphatic heterocycles. The number of thiazole rings is 1. The van der Waals surface area contributed by atoms with Gasteiger partial charge in [0.2, 0.25) is 11.8 Å². The standard InChI is InChI=1S/C20H23ClN6O2S2/c1-11-12(2)30-19(22-11)24-18(29)13(3)31-20-26-25-16(27(20)4)9-10-17(28)23-15-8-6-5-7-14(15)21/h5-8,13H,9-10H2,1-4H3,(H,23,28)(H,22,24,29). The van der Waals surface area contributed by atoms with Crippen LogP contribution in [-0.4, -0.2) is 36.8 Å². The van der Waals surface area contributed by atoms with Crippen LogP contribution in [-0.2, 0) is 23.1 Å². The van der Waals surface area contributed by atoms with Gasteiger partial charge < -0.3 is 15.2 Å². The fourth-order valence-electron chi connectivity index (χ4n) is 2.61. The summed E-state index contributed by atoms with van der Waals surface area (Å²) in [6, 6.07) is 7.08. The summed E-state index contributed by atoms with van der Waals surface area (Å²) >= 11 is 8.83. The van der Waals surface area contributed by atoms with Crippen molar-refractivity contribution in [1.82, 2.24) is 19.7 Å². The van der Waals surface area contributed by atoms with Gasteiger partial charge in [0, 0.05) is 24.8 Å². The van der Waals surface area contributed by atoms with Crippen molar-refractivity contribution in [1.29, 1.82) is 0 Å². The van der Waals surface area contributed by atoms with Crippen molar-refractivity contribution in [2.75, 3.05) is 10.6 Å². The highest BCUT2D eigenvalue weighted by atomic mass is 35.5. The molecule has 8 nitrogen and oxygen atoms in total. The minimum atomic E-state index is -0.385. The second-order valence-electron chi connectivity index (χ2n) is 6.90. The molecule has 0 radical (unpaired) electrons. The molecule has 2 N–H and O–H groups in total. The number of nitrogens with zero attached hydrogens (tertiary/aromatic N) is 4. The number of hydrogen-bond donors (Lipinski definition) is 2. The zero-order chi connectivity index (χ0) is 22.5. The molecular weight excluding hydrogens is 456 g/mol. The van der Waals surface area contributed by atoms with Crippen LogP contribution < -0.4 is 10.6 Å². The van der Waals surface area contributed by atoms with E-state index in [1.807, 2.05) is 27.0 Å². The van der Waals surface area contributed by atoms with Crippen molar-refractivity contribution in [2.45, 2.75) is 44.0 Å². The summed E-state index contributed by atoms with van der Waals surface area (Å²) in [6.45, 7) is 5.69. The van der Waals surface area contributed by atoms with E-state index in [-0.39, 0.29) is 23.5 Å². The lowest BCUT2D eigenvalue weighted by atomic mass is 10.2. The van der Waals surface area contributed by atoms with Gasteiger partial charge in [0.25, 0.3) is 0 Å². The molecule has 3 aromatic rings. The lowest BCUT2D eigenvalue weighted by molar-refractivity contribution is -0.116. The van der Waals surface area contributed by atoms with Crippen LogP contribution in [0.1, 0.15) is 29.7 Å². The van der Waals surface area contributed by atoms with Gasteiger partial charge in [-0.05, 0) is 32.9 Å². The predicted molar refractivity (Wildman–Crippen MR) is 125 cm³/mol. The zero-order valence-corrected chi connectivity index (χ0v) is 20.0. The van der Waals surface area contributed by atoms with Crippen molar-refractivity contribution in [3.8, 4) is 0 Å². The Balaban J connectivity index is 1.53. The molecule has 0 bridgehead atoms. The van der Waals surface area contributed by atoms with Crippen LogP contribution in [0.25, 0.3) is 0 Å². The van der Waals surface area contributed by atoms with Gasteiger partial charge in [-0.1, -0.05) is 35.5 Å². The zero-order valence-electron chi connectivity index (χ0n) is 17.6. The third-order valence-corrected chi connectivity index (χ3v) is 7.01. The quantitative estimate of drug-likeness (QED) is 0.470. The second-order valence-corrected chi connectivity index (χ2v) is 9.81. The first-order valence-electron chi connectivity index (χ1n) is 9.58. The Morgan fingerprint density at radius 2 is 1.97 bits per heavy atom. The van der Waals surface area contributed by atoms with E-state index >= 15 is 0 Å². The van der Waals surface area contributed by atoms with Crippen molar-refractivity contribution in [3.63, 3.8) is 0 Å². The predicted octanol–water partition coefficient (Wildman–Crippen LogP) is 4.23. The van der Waals surface area contributed by atoms with Crippen LogP contribution in [0, 0.1) is 13.8 Å². The van der Waals surface area contributed by atoms with Gasteiger partial charge in [-0.3, -0.25) is 9.59 Å². The number of aryl methyl sites for hydroxylation is 3. The molecule has 0 saturated carbocycles. The lowest BCUT2D eigenvalue weighted by Crippen LogP contribution is -2.22. The summed E-state index contributed by atoms with van der Waals surface area (Å²) in [5.41, 5.74) is 1.49. The van der Waals surface area contributed by atoms with E-state index < -0.39 is 0 Å². The fraction of sp³-hybridized carbons (Fsp3) is 0.350. The van der Waals surface area contributed by atoms with Crippen molar-refractivity contribution in [3.05, 3.63) is 45.7 Å². The van der Waals surface area contributed by atoms with Crippen molar-refractivity contribution >= 4 is 57.3 Å². The minimum Gasteiger partial charge on any atom is -0.325 e. The molecule has 1 atom stereocenters. The molecule has 0 saturated heterocycles. The Bertz CT molecular complexity index is 1080. The van der Waals surface area contributed by atoms with Gasteiger partial charge in [-0.2, -0.15) is 0 Å². The molecule has 31 heavy (non-hydrogen) atoms. The molecule has 0 aliphatic carbocycles. The van der Waals surface area contributed by atoms with E-state index in [9.17, 15) is 9.59 Å². The highest BCUT2D eigenvalue weighted by Gasteiger charge is 2.20. The Kier molecular flexibility index (Phi) is 7.69. The maximum Gasteiger partial charge on any atom is 0.239 e. The number of carbonyl (C=O) groups excluding carboxylic acids is 2. The fourth-order valence-corrected chi connectivity index (χ4v) is 4.45. The molecule has 2 amide bonds. The average molecular weight is 479 g/mol. The summed E-state index contributed by atoms with van der Waals surface area (Å²) in [5, 5.41) is 15.3. The molecule has 2 heterocycles. The van der Waals surface area contributed by atoms with Crippen LogP contribution in [0.2, 0.25) is 5.02 Å². The van der Waals surface area contributed by atoms with E-state index in [1.54, 1.807) is 29.7 Å². The van der Waals surface area contributed by atoms with Crippen LogP contribution >= 0.6 is 34.7 Å². The number of amides is 2. The first kappa shape index (κ1) is 23.2. The maximum atomic E-state index is 12.5. The number of para-hydroxylation sites is 1.